The molecule has 0 unspecified atom stereocenters. The lowest BCUT2D eigenvalue weighted by molar-refractivity contribution is 0.0871. The second-order valence-corrected chi connectivity index (χ2v) is 16.0. The van der Waals surface area contributed by atoms with E-state index >= 15 is 0 Å². The van der Waals surface area contributed by atoms with Crippen molar-refractivity contribution in [3.05, 3.63) is 97.2 Å². The Morgan fingerprint density at radius 2 is 1.74 bits per heavy atom. The van der Waals surface area contributed by atoms with Crippen molar-refractivity contribution in [3.8, 4) is 11.5 Å². The smallest absolute Gasteiger partial charge is 0.129 e. The molecule has 38 heavy (non-hydrogen) atoms. The molecule has 0 aliphatic carbocycles. The van der Waals surface area contributed by atoms with Crippen LogP contribution in [0.2, 0.25) is 25.7 Å². The van der Waals surface area contributed by atoms with Gasteiger partial charge in [0.2, 0.25) is 0 Å². The van der Waals surface area contributed by atoms with Gasteiger partial charge in [0.25, 0.3) is 0 Å². The molecule has 0 saturated carbocycles. The maximum atomic E-state index is 6.19. The normalized spacial score (nSPS) is 11.9. The van der Waals surface area contributed by atoms with E-state index in [9.17, 15) is 0 Å². The van der Waals surface area contributed by atoms with Crippen molar-refractivity contribution in [1.82, 2.24) is 19.3 Å². The average molecular weight is 524 g/mol. The van der Waals surface area contributed by atoms with Gasteiger partial charge in [-0.05, 0) is 48.5 Å². The van der Waals surface area contributed by atoms with Crippen LogP contribution >= 0.6 is 0 Å². The van der Waals surface area contributed by atoms with Gasteiger partial charge in [0, 0.05) is 56.0 Å². The average Bonchev–Trinajstić information content (AvgIpc) is 3.52. The van der Waals surface area contributed by atoms with E-state index in [0.717, 1.165) is 52.1 Å². The van der Waals surface area contributed by atoms with Crippen molar-refractivity contribution < 1.29 is 9.47 Å². The molecule has 0 amide bonds. The predicted molar refractivity (Wildman–Crippen MR) is 158 cm³/mol. The number of hydrogen-bond donors (Lipinski definition) is 1. The van der Waals surface area contributed by atoms with Gasteiger partial charge >= 0.3 is 0 Å². The van der Waals surface area contributed by atoms with Crippen molar-refractivity contribution >= 4 is 42.6 Å². The third-order valence-electron chi connectivity index (χ3n) is 5.98. The van der Waals surface area contributed by atoms with Crippen LogP contribution in [-0.4, -0.2) is 34.0 Å². The molecule has 2 heterocycles. The zero-order chi connectivity index (χ0) is 26.4. The van der Waals surface area contributed by atoms with E-state index in [2.05, 4.69) is 35.0 Å². The molecule has 3 aromatic carbocycles. The minimum Gasteiger partial charge on any atom is -0.457 e. The maximum Gasteiger partial charge on any atom is 0.129 e. The highest BCUT2D eigenvalue weighted by Crippen LogP contribution is 2.28. The lowest BCUT2D eigenvalue weighted by atomic mass is 10.2. The SMILES string of the molecule is C[Si](C)(C)CCOCn1cnc(C=Cn2ncc3ccc(Oc4cccc(Nc5ccccc5)c4)cc32)c1. The van der Waals surface area contributed by atoms with Crippen molar-refractivity contribution in [3.63, 3.8) is 0 Å². The maximum absolute atomic E-state index is 6.19. The highest BCUT2D eigenvalue weighted by atomic mass is 28.3. The van der Waals surface area contributed by atoms with E-state index in [4.69, 9.17) is 9.47 Å². The molecule has 5 aromatic rings. The Kier molecular flexibility index (Phi) is 7.72. The second-order valence-electron chi connectivity index (χ2n) is 10.4. The van der Waals surface area contributed by atoms with Crippen LogP contribution in [0.1, 0.15) is 5.69 Å². The van der Waals surface area contributed by atoms with Crippen LogP contribution in [0.25, 0.3) is 23.2 Å². The Morgan fingerprint density at radius 3 is 2.58 bits per heavy atom. The number of benzene rings is 3. The minimum absolute atomic E-state index is 0.513. The van der Waals surface area contributed by atoms with Gasteiger partial charge in [-0.1, -0.05) is 43.9 Å². The summed E-state index contributed by atoms with van der Waals surface area (Å²) in [6.45, 7) is 8.36. The largest absolute Gasteiger partial charge is 0.457 e. The number of aromatic nitrogens is 4. The van der Waals surface area contributed by atoms with Gasteiger partial charge in [-0.2, -0.15) is 5.10 Å². The molecular weight excluding hydrogens is 490 g/mol. The zero-order valence-electron chi connectivity index (χ0n) is 22.0. The first kappa shape index (κ1) is 25.5. The fourth-order valence-corrected chi connectivity index (χ4v) is 4.65. The molecule has 0 spiro atoms. The Hall–Kier alpha value is -4.14. The Labute approximate surface area is 224 Å². The summed E-state index contributed by atoms with van der Waals surface area (Å²) < 4.78 is 15.8. The number of nitrogens with zero attached hydrogens (tertiary/aromatic N) is 4. The molecule has 0 bridgehead atoms. The summed E-state index contributed by atoms with van der Waals surface area (Å²) >= 11 is 0. The second kappa shape index (κ2) is 11.5. The summed E-state index contributed by atoms with van der Waals surface area (Å²) in [5.41, 5.74) is 3.79. The number of imidazole rings is 1. The first-order chi connectivity index (χ1) is 18.4. The molecule has 0 aliphatic rings. The fraction of sp³-hybridized carbons (Fsp3) is 0.200. The predicted octanol–water partition coefficient (Wildman–Crippen LogP) is 7.71. The molecule has 0 saturated heterocycles. The molecule has 194 valence electrons. The first-order valence-corrected chi connectivity index (χ1v) is 16.5. The van der Waals surface area contributed by atoms with Crippen molar-refractivity contribution in [1.29, 1.82) is 0 Å². The summed E-state index contributed by atoms with van der Waals surface area (Å²) in [4.78, 5) is 4.47. The molecule has 8 heteroatoms. The molecular formula is C30H33N5O2Si. The first-order valence-electron chi connectivity index (χ1n) is 12.8. The fourth-order valence-electron chi connectivity index (χ4n) is 3.89. The number of nitrogens with one attached hydrogen (secondary N) is 1. The summed E-state index contributed by atoms with van der Waals surface area (Å²) in [7, 11) is -1.08. The van der Waals surface area contributed by atoms with Crippen LogP contribution in [0.5, 0.6) is 11.5 Å². The number of anilines is 2. The molecule has 0 radical (unpaired) electrons. The summed E-state index contributed by atoms with van der Waals surface area (Å²) in [6, 6.07) is 25.1. The molecule has 0 aliphatic heterocycles. The van der Waals surface area contributed by atoms with Crippen molar-refractivity contribution in [2.45, 2.75) is 32.4 Å². The highest BCUT2D eigenvalue weighted by molar-refractivity contribution is 6.76. The zero-order valence-corrected chi connectivity index (χ0v) is 23.0. The lowest BCUT2D eigenvalue weighted by Crippen LogP contribution is -2.21. The Morgan fingerprint density at radius 1 is 0.921 bits per heavy atom. The third-order valence-corrected chi connectivity index (χ3v) is 7.68. The van der Waals surface area contributed by atoms with E-state index in [0.29, 0.717) is 6.73 Å². The van der Waals surface area contributed by atoms with Gasteiger partial charge in [0.1, 0.15) is 18.2 Å². The monoisotopic (exact) mass is 523 g/mol. The van der Waals surface area contributed by atoms with Crippen LogP contribution in [0, 0.1) is 0 Å². The Bertz CT molecular complexity index is 1520. The van der Waals surface area contributed by atoms with E-state index in [-0.39, 0.29) is 0 Å². The van der Waals surface area contributed by atoms with Gasteiger partial charge in [-0.15, -0.1) is 0 Å². The lowest BCUT2D eigenvalue weighted by Gasteiger charge is -2.15. The van der Waals surface area contributed by atoms with Gasteiger partial charge in [0.15, 0.2) is 0 Å². The number of ether oxygens (including phenoxy) is 2. The van der Waals surface area contributed by atoms with Crippen LogP contribution in [0.15, 0.2) is 91.5 Å². The number of para-hydroxylation sites is 1. The number of fused-ring (bicyclic) bond motifs is 1. The molecule has 5 rings (SSSR count). The molecule has 1 N–H and O–H groups in total. The van der Waals surface area contributed by atoms with E-state index in [1.165, 1.54) is 0 Å². The van der Waals surface area contributed by atoms with Gasteiger partial charge in [-0.3, -0.25) is 0 Å². The van der Waals surface area contributed by atoms with Gasteiger partial charge in [-0.25, -0.2) is 9.67 Å². The topological polar surface area (TPSA) is 66.1 Å². The van der Waals surface area contributed by atoms with E-state index < -0.39 is 8.07 Å². The highest BCUT2D eigenvalue weighted by Gasteiger charge is 2.12. The third kappa shape index (κ3) is 6.99. The van der Waals surface area contributed by atoms with Crippen molar-refractivity contribution in [2.24, 2.45) is 0 Å². The van der Waals surface area contributed by atoms with Gasteiger partial charge < -0.3 is 19.4 Å². The van der Waals surface area contributed by atoms with Crippen LogP contribution in [0.4, 0.5) is 11.4 Å². The van der Waals surface area contributed by atoms with E-state index in [1.807, 2.05) is 107 Å². The van der Waals surface area contributed by atoms with Crippen LogP contribution < -0.4 is 10.1 Å². The Balaban J connectivity index is 1.24. The minimum atomic E-state index is -1.08. The number of rotatable bonds is 11. The van der Waals surface area contributed by atoms with Crippen LogP contribution in [-0.2, 0) is 11.5 Å². The summed E-state index contributed by atoms with van der Waals surface area (Å²) in [5.74, 6) is 1.49. The standard InChI is InChI=1S/C30H33N5O2Si/c1-38(2,3)17-16-36-23-34-21-27(31-22-34)14-15-35-30-19-29(13-12-24(30)20-32-35)37-28-11-7-10-26(18-28)33-25-8-5-4-6-9-25/h4-15,18-22,33H,16-17,23H2,1-3H3. The molecule has 7 nitrogen and oxygen atoms in total. The molecule has 2 aromatic heterocycles. The summed E-state index contributed by atoms with van der Waals surface area (Å²) in [5, 5.41) is 8.95. The number of hydrogen-bond acceptors (Lipinski definition) is 5. The summed E-state index contributed by atoms with van der Waals surface area (Å²) in [6.07, 6.45) is 9.47. The molecule has 0 fully saturated rings. The van der Waals surface area contributed by atoms with Crippen LogP contribution in [0.3, 0.4) is 0 Å². The van der Waals surface area contributed by atoms with Crippen molar-refractivity contribution in [2.75, 3.05) is 11.9 Å². The molecule has 0 atom stereocenters. The quantitative estimate of drug-likeness (QED) is 0.142. The van der Waals surface area contributed by atoms with E-state index in [1.54, 1.807) is 6.33 Å². The van der Waals surface area contributed by atoms with Gasteiger partial charge in [0.05, 0.1) is 23.7 Å².